The van der Waals surface area contributed by atoms with Crippen molar-refractivity contribution in [2.75, 3.05) is 7.11 Å². The number of carbonyl (C=O) groups excluding carboxylic acids is 2. The zero-order valence-corrected chi connectivity index (χ0v) is 11.0. The molecule has 1 atom stereocenters. The highest BCUT2D eigenvalue weighted by atomic mass is 16.6. The molecular formula is C11H19NO6. The number of carboxylic acid groups (broad SMARTS) is 1. The van der Waals surface area contributed by atoms with E-state index in [0.29, 0.717) is 0 Å². The first-order valence-corrected chi connectivity index (χ1v) is 5.45. The maximum absolute atomic E-state index is 11.4. The van der Waals surface area contributed by atoms with E-state index in [-0.39, 0.29) is 12.8 Å². The van der Waals surface area contributed by atoms with Gasteiger partial charge in [0.2, 0.25) is 0 Å². The van der Waals surface area contributed by atoms with E-state index in [1.165, 1.54) is 0 Å². The Kier molecular flexibility index (Phi) is 6.15. The first-order valence-electron chi connectivity index (χ1n) is 5.45. The highest BCUT2D eigenvalue weighted by Crippen LogP contribution is 2.08. The average Bonchev–Trinajstić information content (AvgIpc) is 2.20. The second-order valence-corrected chi connectivity index (χ2v) is 4.65. The summed E-state index contributed by atoms with van der Waals surface area (Å²) in [6.45, 7) is 5.03. The van der Waals surface area contributed by atoms with Crippen molar-refractivity contribution < 1.29 is 29.0 Å². The number of alkyl carbamates (subject to hydrolysis) is 1. The summed E-state index contributed by atoms with van der Waals surface area (Å²) < 4.78 is 9.44. The molecule has 0 fully saturated rings. The summed E-state index contributed by atoms with van der Waals surface area (Å²) in [5.74, 6) is -1.77. The third-order valence-corrected chi connectivity index (χ3v) is 1.82. The molecule has 0 saturated carbocycles. The number of nitrogens with one attached hydrogen (secondary N) is 1. The quantitative estimate of drug-likeness (QED) is 0.713. The van der Waals surface area contributed by atoms with Gasteiger partial charge >= 0.3 is 18.0 Å². The minimum atomic E-state index is -1.06. The van der Waals surface area contributed by atoms with Crippen LogP contribution >= 0.6 is 0 Å². The van der Waals surface area contributed by atoms with Crippen molar-refractivity contribution in [3.8, 4) is 0 Å². The van der Waals surface area contributed by atoms with E-state index in [1.54, 1.807) is 20.8 Å². The molecule has 7 heteroatoms. The molecule has 0 saturated heterocycles. The number of ether oxygens (including phenoxy) is 2. The third-order valence-electron chi connectivity index (χ3n) is 1.82. The first kappa shape index (κ1) is 16.2. The van der Waals surface area contributed by atoms with Crippen LogP contribution in [0.25, 0.3) is 0 Å². The molecule has 104 valence electrons. The van der Waals surface area contributed by atoms with E-state index in [4.69, 9.17) is 9.84 Å². The number of methoxy groups -OCH3 is 1. The molecule has 0 aromatic heterocycles. The van der Waals surface area contributed by atoms with Gasteiger partial charge in [0.05, 0.1) is 7.11 Å². The normalized spacial score (nSPS) is 12.4. The number of aliphatic carboxylic acids is 1. The smallest absolute Gasteiger partial charge is 0.408 e. The molecule has 18 heavy (non-hydrogen) atoms. The van der Waals surface area contributed by atoms with Crippen molar-refractivity contribution in [2.45, 2.75) is 45.3 Å². The molecule has 0 aliphatic rings. The van der Waals surface area contributed by atoms with E-state index >= 15 is 0 Å². The fourth-order valence-electron chi connectivity index (χ4n) is 1.11. The fourth-order valence-corrected chi connectivity index (χ4v) is 1.11. The van der Waals surface area contributed by atoms with Crippen LogP contribution < -0.4 is 5.32 Å². The fraction of sp³-hybridized carbons (Fsp3) is 0.727. The average molecular weight is 261 g/mol. The molecule has 0 aromatic rings. The number of hydrogen-bond acceptors (Lipinski definition) is 5. The van der Waals surface area contributed by atoms with E-state index in [2.05, 4.69) is 10.1 Å². The molecule has 7 nitrogen and oxygen atoms in total. The second kappa shape index (κ2) is 6.83. The van der Waals surface area contributed by atoms with Gasteiger partial charge in [0.15, 0.2) is 0 Å². The van der Waals surface area contributed by atoms with Crippen LogP contribution in [0, 0.1) is 0 Å². The van der Waals surface area contributed by atoms with E-state index in [1.807, 2.05) is 0 Å². The van der Waals surface area contributed by atoms with Crippen molar-refractivity contribution >= 4 is 18.0 Å². The van der Waals surface area contributed by atoms with Crippen LogP contribution in [0.3, 0.4) is 0 Å². The van der Waals surface area contributed by atoms with Gasteiger partial charge in [-0.3, -0.25) is 4.79 Å². The molecule has 1 amide bonds. The summed E-state index contributed by atoms with van der Waals surface area (Å²) in [5, 5.41) is 10.8. The van der Waals surface area contributed by atoms with Crippen molar-refractivity contribution in [3.05, 3.63) is 0 Å². The van der Waals surface area contributed by atoms with Crippen LogP contribution in [-0.2, 0) is 19.1 Å². The lowest BCUT2D eigenvalue weighted by molar-refractivity contribution is -0.143. The topological polar surface area (TPSA) is 102 Å². The Morgan fingerprint density at radius 1 is 1.28 bits per heavy atom. The zero-order valence-electron chi connectivity index (χ0n) is 11.0. The summed E-state index contributed by atoms with van der Waals surface area (Å²) in [5.41, 5.74) is -0.697. The molecule has 0 aromatic carbocycles. The highest BCUT2D eigenvalue weighted by molar-refractivity contribution is 5.82. The van der Waals surface area contributed by atoms with Gasteiger partial charge < -0.3 is 19.9 Å². The Morgan fingerprint density at radius 2 is 1.83 bits per heavy atom. The molecule has 2 N–H and O–H groups in total. The van der Waals surface area contributed by atoms with Crippen LogP contribution in [0.15, 0.2) is 0 Å². The minimum absolute atomic E-state index is 0.0543. The van der Waals surface area contributed by atoms with Crippen molar-refractivity contribution in [1.82, 2.24) is 5.32 Å². The van der Waals surface area contributed by atoms with Gasteiger partial charge in [-0.1, -0.05) is 0 Å². The van der Waals surface area contributed by atoms with Crippen LogP contribution in [0.2, 0.25) is 0 Å². The highest BCUT2D eigenvalue weighted by Gasteiger charge is 2.25. The lowest BCUT2D eigenvalue weighted by atomic mass is 10.1. The minimum Gasteiger partial charge on any atom is -0.481 e. The van der Waals surface area contributed by atoms with Gasteiger partial charge in [-0.15, -0.1) is 0 Å². The number of carbonyl (C=O) groups is 3. The predicted molar refractivity (Wildman–Crippen MR) is 62.0 cm³/mol. The van der Waals surface area contributed by atoms with Crippen LogP contribution in [0.1, 0.15) is 33.6 Å². The summed E-state index contributed by atoms with van der Waals surface area (Å²) in [6, 6.07) is -1.03. The number of hydrogen-bond donors (Lipinski definition) is 2. The monoisotopic (exact) mass is 261 g/mol. The van der Waals surface area contributed by atoms with Crippen molar-refractivity contribution in [3.63, 3.8) is 0 Å². The van der Waals surface area contributed by atoms with Gasteiger partial charge in [0, 0.05) is 6.42 Å². The van der Waals surface area contributed by atoms with Crippen LogP contribution in [0.5, 0.6) is 0 Å². The van der Waals surface area contributed by atoms with E-state index < -0.39 is 29.7 Å². The maximum Gasteiger partial charge on any atom is 0.408 e. The lowest BCUT2D eigenvalue weighted by Gasteiger charge is -2.22. The van der Waals surface area contributed by atoms with Gasteiger partial charge in [0.25, 0.3) is 0 Å². The predicted octanol–water partition coefficient (Wildman–Crippen LogP) is 0.917. The van der Waals surface area contributed by atoms with Crippen molar-refractivity contribution in [1.29, 1.82) is 0 Å². The van der Waals surface area contributed by atoms with E-state index in [9.17, 15) is 14.4 Å². The standard InChI is InChI=1S/C11H19NO6/c1-11(2,3)18-10(16)12-7(9(15)17-4)5-6-8(13)14/h7H,5-6H2,1-4H3,(H,12,16)(H,13,14). The van der Waals surface area contributed by atoms with Crippen LogP contribution in [0.4, 0.5) is 4.79 Å². The molecule has 0 aliphatic carbocycles. The maximum atomic E-state index is 11.4. The zero-order chi connectivity index (χ0) is 14.3. The molecule has 0 spiro atoms. The largest absolute Gasteiger partial charge is 0.481 e. The lowest BCUT2D eigenvalue weighted by Crippen LogP contribution is -2.44. The van der Waals surface area contributed by atoms with Crippen molar-refractivity contribution in [2.24, 2.45) is 0 Å². The van der Waals surface area contributed by atoms with Gasteiger partial charge in [-0.05, 0) is 27.2 Å². The number of rotatable bonds is 5. The molecular weight excluding hydrogens is 242 g/mol. The van der Waals surface area contributed by atoms with Crippen LogP contribution in [-0.4, -0.2) is 41.9 Å². The number of esters is 1. The Morgan fingerprint density at radius 3 is 2.22 bits per heavy atom. The molecule has 0 rings (SSSR count). The number of amides is 1. The van der Waals surface area contributed by atoms with E-state index in [0.717, 1.165) is 7.11 Å². The molecule has 1 unspecified atom stereocenters. The Hall–Kier alpha value is -1.79. The summed E-state index contributed by atoms with van der Waals surface area (Å²) in [4.78, 5) is 33.2. The second-order valence-electron chi connectivity index (χ2n) is 4.65. The summed E-state index contributed by atoms with van der Waals surface area (Å²) in [6.07, 6.45) is -1.10. The SMILES string of the molecule is COC(=O)C(CCC(=O)O)NC(=O)OC(C)(C)C. The van der Waals surface area contributed by atoms with Gasteiger partial charge in [0.1, 0.15) is 11.6 Å². The summed E-state index contributed by atoms with van der Waals surface area (Å²) >= 11 is 0. The molecule has 0 heterocycles. The first-order chi connectivity index (χ1) is 8.15. The molecule has 0 aliphatic heterocycles. The third kappa shape index (κ3) is 7.48. The Labute approximate surface area is 105 Å². The Bertz CT molecular complexity index is 320. The molecule has 0 radical (unpaired) electrons. The van der Waals surface area contributed by atoms with Gasteiger partial charge in [-0.25, -0.2) is 9.59 Å². The summed E-state index contributed by atoms with van der Waals surface area (Å²) in [7, 11) is 1.16. The molecule has 0 bridgehead atoms. The number of carboxylic acids is 1. The van der Waals surface area contributed by atoms with Gasteiger partial charge in [-0.2, -0.15) is 0 Å². The Balaban J connectivity index is 4.45.